The molecule has 2 atom stereocenters. The van der Waals surface area contributed by atoms with Crippen LogP contribution in [0.2, 0.25) is 0 Å². The topological polar surface area (TPSA) is 58.2 Å². The van der Waals surface area contributed by atoms with Gasteiger partial charge in [0.15, 0.2) is 0 Å². The number of para-hydroxylation sites is 1. The zero-order valence-electron chi connectivity index (χ0n) is 13.4. The molecule has 0 bridgehead atoms. The lowest BCUT2D eigenvalue weighted by molar-refractivity contribution is -0.125. The van der Waals surface area contributed by atoms with Crippen molar-refractivity contribution in [3.63, 3.8) is 0 Å². The standard InChI is InChI=1S/C19H19BrN2O2/c1-12-6-2-3-7-13(12)11-21-18(23)14-10-15(14)19(24)22-17-9-5-4-8-16(17)20/h2-9,14-15H,10-11H2,1H3,(H,21,23)(H,22,24). The van der Waals surface area contributed by atoms with Crippen LogP contribution in [-0.4, -0.2) is 11.8 Å². The Morgan fingerprint density at radius 2 is 1.71 bits per heavy atom. The molecule has 2 aromatic rings. The van der Waals surface area contributed by atoms with Gasteiger partial charge in [0.05, 0.1) is 17.5 Å². The molecule has 0 saturated heterocycles. The van der Waals surface area contributed by atoms with Crippen molar-refractivity contribution in [2.45, 2.75) is 19.9 Å². The minimum absolute atomic E-state index is 0.0504. The summed E-state index contributed by atoms with van der Waals surface area (Å²) in [6.07, 6.45) is 0.607. The van der Waals surface area contributed by atoms with Crippen LogP contribution in [0.15, 0.2) is 53.0 Å². The fraction of sp³-hybridized carbons (Fsp3) is 0.263. The molecule has 1 aliphatic carbocycles. The van der Waals surface area contributed by atoms with Gasteiger partial charge in [-0.2, -0.15) is 0 Å². The molecule has 2 N–H and O–H groups in total. The number of aryl methyl sites for hydroxylation is 1. The van der Waals surface area contributed by atoms with Crippen molar-refractivity contribution in [3.8, 4) is 0 Å². The molecule has 2 unspecified atom stereocenters. The molecule has 0 aromatic heterocycles. The quantitative estimate of drug-likeness (QED) is 0.823. The SMILES string of the molecule is Cc1ccccc1CNC(=O)C1CC1C(=O)Nc1ccccc1Br. The lowest BCUT2D eigenvalue weighted by atomic mass is 10.1. The van der Waals surface area contributed by atoms with E-state index in [9.17, 15) is 9.59 Å². The van der Waals surface area contributed by atoms with Crippen molar-refractivity contribution in [1.29, 1.82) is 0 Å². The predicted octanol–water partition coefficient (Wildman–Crippen LogP) is 3.65. The Labute approximate surface area is 149 Å². The molecule has 0 spiro atoms. The number of hydrogen-bond donors (Lipinski definition) is 2. The van der Waals surface area contributed by atoms with Crippen molar-refractivity contribution >= 4 is 33.4 Å². The number of benzene rings is 2. The molecule has 1 fully saturated rings. The zero-order valence-corrected chi connectivity index (χ0v) is 15.0. The Morgan fingerprint density at radius 3 is 2.46 bits per heavy atom. The van der Waals surface area contributed by atoms with Gasteiger partial charge in [-0.05, 0) is 52.5 Å². The first-order chi connectivity index (χ1) is 11.6. The van der Waals surface area contributed by atoms with E-state index < -0.39 is 0 Å². The van der Waals surface area contributed by atoms with Gasteiger partial charge in [-0.15, -0.1) is 0 Å². The van der Waals surface area contributed by atoms with Gasteiger partial charge in [0.1, 0.15) is 0 Å². The average molecular weight is 387 g/mol. The molecule has 2 aromatic carbocycles. The Balaban J connectivity index is 1.51. The minimum Gasteiger partial charge on any atom is -0.352 e. The molecule has 1 aliphatic rings. The smallest absolute Gasteiger partial charge is 0.228 e. The van der Waals surface area contributed by atoms with E-state index in [4.69, 9.17) is 0 Å². The van der Waals surface area contributed by atoms with Gasteiger partial charge in [0.2, 0.25) is 11.8 Å². The summed E-state index contributed by atoms with van der Waals surface area (Å²) in [5, 5.41) is 5.81. The summed E-state index contributed by atoms with van der Waals surface area (Å²) >= 11 is 3.40. The van der Waals surface area contributed by atoms with Gasteiger partial charge in [0.25, 0.3) is 0 Å². The molecule has 24 heavy (non-hydrogen) atoms. The van der Waals surface area contributed by atoms with Gasteiger partial charge in [-0.25, -0.2) is 0 Å². The highest BCUT2D eigenvalue weighted by molar-refractivity contribution is 9.10. The maximum atomic E-state index is 12.3. The maximum absolute atomic E-state index is 12.3. The largest absolute Gasteiger partial charge is 0.352 e. The first-order valence-electron chi connectivity index (χ1n) is 7.94. The highest BCUT2D eigenvalue weighted by atomic mass is 79.9. The summed E-state index contributed by atoms with van der Waals surface area (Å²) in [4.78, 5) is 24.5. The third-order valence-corrected chi connectivity index (χ3v) is 5.00. The fourth-order valence-electron chi connectivity index (χ4n) is 2.68. The van der Waals surface area contributed by atoms with Crippen LogP contribution in [0.5, 0.6) is 0 Å². The summed E-state index contributed by atoms with van der Waals surface area (Å²) in [6.45, 7) is 2.52. The fourth-order valence-corrected chi connectivity index (χ4v) is 3.07. The van der Waals surface area contributed by atoms with Crippen molar-refractivity contribution in [3.05, 3.63) is 64.1 Å². The molecule has 0 aliphatic heterocycles. The van der Waals surface area contributed by atoms with Crippen LogP contribution < -0.4 is 10.6 Å². The Bertz CT molecular complexity index is 775. The number of nitrogens with one attached hydrogen (secondary N) is 2. The molecule has 3 rings (SSSR count). The van der Waals surface area contributed by atoms with E-state index in [2.05, 4.69) is 26.6 Å². The number of amides is 2. The van der Waals surface area contributed by atoms with E-state index in [-0.39, 0.29) is 23.7 Å². The normalized spacial score (nSPS) is 18.8. The monoisotopic (exact) mass is 386 g/mol. The lowest BCUT2D eigenvalue weighted by Gasteiger charge is -2.08. The Kier molecular flexibility index (Phi) is 5.00. The van der Waals surface area contributed by atoms with E-state index in [1.807, 2.05) is 55.5 Å². The summed E-state index contributed by atoms with van der Waals surface area (Å²) < 4.78 is 0.833. The summed E-state index contributed by atoms with van der Waals surface area (Å²) in [5.74, 6) is -0.617. The van der Waals surface area contributed by atoms with Crippen molar-refractivity contribution in [1.82, 2.24) is 5.32 Å². The van der Waals surface area contributed by atoms with Crippen molar-refractivity contribution < 1.29 is 9.59 Å². The number of halogens is 1. The van der Waals surface area contributed by atoms with Crippen LogP contribution in [0.3, 0.4) is 0 Å². The predicted molar refractivity (Wildman–Crippen MR) is 97.4 cm³/mol. The molecule has 1 saturated carbocycles. The minimum atomic E-state index is -0.242. The lowest BCUT2D eigenvalue weighted by Crippen LogP contribution is -2.27. The second kappa shape index (κ2) is 7.18. The second-order valence-electron chi connectivity index (χ2n) is 6.06. The number of carbonyl (C=O) groups excluding carboxylic acids is 2. The Morgan fingerprint density at radius 1 is 1.04 bits per heavy atom. The summed E-state index contributed by atoms with van der Waals surface area (Å²) in [6, 6.07) is 15.4. The number of rotatable bonds is 5. The van der Waals surface area contributed by atoms with Gasteiger partial charge < -0.3 is 10.6 Å². The molecule has 124 valence electrons. The van der Waals surface area contributed by atoms with Gasteiger partial charge in [-0.3, -0.25) is 9.59 Å². The van der Waals surface area contributed by atoms with Crippen molar-refractivity contribution in [2.75, 3.05) is 5.32 Å². The Hall–Kier alpha value is -2.14. The molecule has 0 radical (unpaired) electrons. The highest BCUT2D eigenvalue weighted by Crippen LogP contribution is 2.40. The zero-order chi connectivity index (χ0) is 17.1. The molecule has 4 nitrogen and oxygen atoms in total. The second-order valence-corrected chi connectivity index (χ2v) is 6.92. The van der Waals surface area contributed by atoms with E-state index >= 15 is 0 Å². The first kappa shape index (κ1) is 16.7. The van der Waals surface area contributed by atoms with Crippen LogP contribution in [-0.2, 0) is 16.1 Å². The van der Waals surface area contributed by atoms with Crippen LogP contribution in [0.1, 0.15) is 17.5 Å². The average Bonchev–Trinajstić information content (AvgIpc) is 3.37. The first-order valence-corrected chi connectivity index (χ1v) is 8.73. The van der Waals surface area contributed by atoms with Crippen LogP contribution >= 0.6 is 15.9 Å². The number of carbonyl (C=O) groups is 2. The van der Waals surface area contributed by atoms with E-state index in [0.29, 0.717) is 13.0 Å². The summed E-state index contributed by atoms with van der Waals surface area (Å²) in [5.41, 5.74) is 2.98. The van der Waals surface area contributed by atoms with Crippen LogP contribution in [0.25, 0.3) is 0 Å². The molecule has 5 heteroatoms. The third kappa shape index (κ3) is 3.85. The number of anilines is 1. The molecular formula is C19H19BrN2O2. The third-order valence-electron chi connectivity index (χ3n) is 4.31. The van der Waals surface area contributed by atoms with Gasteiger partial charge >= 0.3 is 0 Å². The van der Waals surface area contributed by atoms with Crippen LogP contribution in [0.4, 0.5) is 5.69 Å². The molecule has 0 heterocycles. The number of hydrogen-bond acceptors (Lipinski definition) is 2. The maximum Gasteiger partial charge on any atom is 0.228 e. The highest BCUT2D eigenvalue weighted by Gasteiger charge is 2.48. The van der Waals surface area contributed by atoms with Crippen LogP contribution in [0, 0.1) is 18.8 Å². The molecule has 2 amide bonds. The summed E-state index contributed by atoms with van der Waals surface area (Å²) in [7, 11) is 0. The van der Waals surface area contributed by atoms with E-state index in [1.54, 1.807) is 0 Å². The van der Waals surface area contributed by atoms with Crippen molar-refractivity contribution in [2.24, 2.45) is 11.8 Å². The van der Waals surface area contributed by atoms with E-state index in [0.717, 1.165) is 21.3 Å². The molecular weight excluding hydrogens is 368 g/mol. The van der Waals surface area contributed by atoms with E-state index in [1.165, 1.54) is 0 Å². The van der Waals surface area contributed by atoms with Gasteiger partial charge in [0, 0.05) is 11.0 Å². The van der Waals surface area contributed by atoms with Gasteiger partial charge in [-0.1, -0.05) is 36.4 Å².